The second-order valence-electron chi connectivity index (χ2n) is 11.6. The average molecular weight is 478 g/mol. The largest absolute Gasteiger partial charge is 0.508 e. The monoisotopic (exact) mass is 477 g/mol. The summed E-state index contributed by atoms with van der Waals surface area (Å²) in [5.41, 5.74) is 3.34. The van der Waals surface area contributed by atoms with Gasteiger partial charge in [0, 0.05) is 38.3 Å². The van der Waals surface area contributed by atoms with Gasteiger partial charge in [0.15, 0.2) is 0 Å². The molecule has 0 saturated carbocycles. The molecule has 5 rings (SSSR count). The van der Waals surface area contributed by atoms with Gasteiger partial charge in [-0.25, -0.2) is 0 Å². The van der Waals surface area contributed by atoms with E-state index in [-0.39, 0.29) is 29.2 Å². The third kappa shape index (κ3) is 4.43. The zero-order valence-electron chi connectivity index (χ0n) is 21.4. The van der Waals surface area contributed by atoms with Crippen LogP contribution in [0.2, 0.25) is 0 Å². The lowest BCUT2D eigenvalue weighted by molar-refractivity contribution is -0.144. The van der Waals surface area contributed by atoms with Crippen LogP contribution in [0.4, 0.5) is 0 Å². The van der Waals surface area contributed by atoms with Crippen molar-refractivity contribution in [3.8, 4) is 11.5 Å². The summed E-state index contributed by atoms with van der Waals surface area (Å²) in [6.07, 6.45) is 1.62. The van der Waals surface area contributed by atoms with Crippen LogP contribution in [0.1, 0.15) is 50.8 Å². The zero-order chi connectivity index (χ0) is 24.9. The molecule has 2 fully saturated rings. The number of hydrogen-bond donors (Lipinski definition) is 3. The van der Waals surface area contributed by atoms with Crippen molar-refractivity contribution in [1.82, 2.24) is 15.1 Å². The van der Waals surface area contributed by atoms with E-state index in [1.807, 2.05) is 18.2 Å². The summed E-state index contributed by atoms with van der Waals surface area (Å²) in [6, 6.07) is 13.4. The Balaban J connectivity index is 1.38. The molecule has 0 aromatic heterocycles. The van der Waals surface area contributed by atoms with Crippen molar-refractivity contribution in [2.45, 2.75) is 70.6 Å². The number of benzene rings is 2. The molecule has 6 heteroatoms. The maximum atomic E-state index is 13.9. The van der Waals surface area contributed by atoms with Gasteiger partial charge >= 0.3 is 0 Å². The fourth-order valence-electron chi connectivity index (χ4n) is 6.59. The number of carbonyl (C=O) groups excluding carboxylic acids is 1. The summed E-state index contributed by atoms with van der Waals surface area (Å²) in [5, 5.41) is 23.4. The first kappa shape index (κ1) is 24.1. The number of phenolic OH excluding ortho intramolecular Hbond substituents is 2. The lowest BCUT2D eigenvalue weighted by Gasteiger charge is -2.56. The first-order valence-corrected chi connectivity index (χ1v) is 13.0. The maximum absolute atomic E-state index is 13.9. The van der Waals surface area contributed by atoms with Gasteiger partial charge in [0.1, 0.15) is 11.5 Å². The van der Waals surface area contributed by atoms with Crippen LogP contribution in [0.15, 0.2) is 42.5 Å². The Morgan fingerprint density at radius 3 is 2.57 bits per heavy atom. The second kappa shape index (κ2) is 9.14. The van der Waals surface area contributed by atoms with E-state index in [0.717, 1.165) is 37.2 Å². The van der Waals surface area contributed by atoms with E-state index in [1.165, 1.54) is 5.56 Å². The predicted octanol–water partition coefficient (Wildman–Crippen LogP) is 3.65. The minimum atomic E-state index is -0.236. The van der Waals surface area contributed by atoms with Gasteiger partial charge in [-0.1, -0.05) is 45.9 Å². The Bertz CT molecular complexity index is 1100. The molecule has 35 heavy (non-hydrogen) atoms. The molecule has 3 aliphatic heterocycles. The molecule has 3 N–H and O–H groups in total. The summed E-state index contributed by atoms with van der Waals surface area (Å²) < 4.78 is 0. The number of rotatable bonds is 3. The van der Waals surface area contributed by atoms with Gasteiger partial charge in [-0.2, -0.15) is 0 Å². The van der Waals surface area contributed by atoms with Crippen molar-refractivity contribution in [2.75, 3.05) is 19.6 Å². The van der Waals surface area contributed by atoms with Crippen LogP contribution < -0.4 is 5.32 Å². The Labute approximate surface area is 208 Å². The minimum Gasteiger partial charge on any atom is -0.508 e. The number of nitrogens with zero attached hydrogens (tertiary/aromatic N) is 2. The van der Waals surface area contributed by atoms with Crippen molar-refractivity contribution in [3.05, 3.63) is 59.2 Å². The number of piperidine rings is 1. The van der Waals surface area contributed by atoms with Crippen LogP contribution in [-0.4, -0.2) is 63.7 Å². The van der Waals surface area contributed by atoms with Gasteiger partial charge in [0.05, 0.1) is 6.04 Å². The number of amides is 1. The molecule has 1 amide bonds. The van der Waals surface area contributed by atoms with Crippen LogP contribution in [-0.2, 0) is 23.2 Å². The van der Waals surface area contributed by atoms with Crippen molar-refractivity contribution in [1.29, 1.82) is 0 Å². The summed E-state index contributed by atoms with van der Waals surface area (Å²) in [4.78, 5) is 18.7. The van der Waals surface area contributed by atoms with Gasteiger partial charge < -0.3 is 20.4 Å². The number of aromatic hydroxyl groups is 2. The third-order valence-electron chi connectivity index (χ3n) is 9.01. The fraction of sp³-hybridized carbons (Fsp3) is 0.552. The highest BCUT2D eigenvalue weighted by Gasteiger charge is 2.48. The van der Waals surface area contributed by atoms with E-state index < -0.39 is 0 Å². The highest BCUT2D eigenvalue weighted by Crippen LogP contribution is 2.44. The lowest BCUT2D eigenvalue weighted by atomic mass is 9.65. The Morgan fingerprint density at radius 2 is 1.83 bits per heavy atom. The average Bonchev–Trinajstić information content (AvgIpc) is 2.83. The molecule has 5 atom stereocenters. The van der Waals surface area contributed by atoms with Gasteiger partial charge in [0.2, 0.25) is 5.91 Å². The van der Waals surface area contributed by atoms with E-state index in [2.05, 4.69) is 48.9 Å². The Morgan fingerprint density at radius 1 is 1.06 bits per heavy atom. The number of phenols is 2. The summed E-state index contributed by atoms with van der Waals surface area (Å²) in [5.74, 6) is 1.61. The predicted molar refractivity (Wildman–Crippen MR) is 137 cm³/mol. The SMILES string of the molecule is CC(C)[C@H]1CN2CC(C)[C@](C)(c3cccc(O)c3)CC2CN1C(=O)C1Cc2ccc(O)cc2CN1. The summed E-state index contributed by atoms with van der Waals surface area (Å²) in [6.45, 7) is 12.3. The van der Waals surface area contributed by atoms with Crippen LogP contribution >= 0.6 is 0 Å². The van der Waals surface area contributed by atoms with Gasteiger partial charge in [-0.15, -0.1) is 0 Å². The molecule has 3 aliphatic rings. The number of nitrogens with one attached hydrogen (secondary N) is 1. The highest BCUT2D eigenvalue weighted by atomic mass is 16.3. The Kier molecular flexibility index (Phi) is 6.30. The molecule has 0 spiro atoms. The van der Waals surface area contributed by atoms with Crippen LogP contribution in [0.25, 0.3) is 0 Å². The van der Waals surface area contributed by atoms with Crippen LogP contribution in [0, 0.1) is 11.8 Å². The molecule has 2 saturated heterocycles. The molecule has 3 heterocycles. The minimum absolute atomic E-state index is 0.0523. The van der Waals surface area contributed by atoms with Gasteiger partial charge in [-0.05, 0) is 71.0 Å². The first-order valence-electron chi connectivity index (χ1n) is 13.0. The van der Waals surface area contributed by atoms with Gasteiger partial charge in [-0.3, -0.25) is 9.69 Å². The van der Waals surface area contributed by atoms with E-state index in [4.69, 9.17) is 0 Å². The van der Waals surface area contributed by atoms with Crippen molar-refractivity contribution in [2.24, 2.45) is 11.8 Å². The topological polar surface area (TPSA) is 76.0 Å². The molecule has 0 bridgehead atoms. The molecule has 0 radical (unpaired) electrons. The smallest absolute Gasteiger partial charge is 0.240 e. The standard InChI is InChI=1S/C29H39N3O3/c1-18(2)27-17-31-15-19(3)29(4,22-6-5-7-24(33)12-22)13-23(31)16-32(27)28(35)26-11-20-8-9-25(34)10-21(20)14-30-26/h5-10,12,18-19,23,26-27,30,33-34H,11,13-17H2,1-4H3/t19?,23?,26?,27-,29-/m1/s1. The first-order chi connectivity index (χ1) is 16.7. The van der Waals surface area contributed by atoms with Crippen molar-refractivity contribution >= 4 is 5.91 Å². The molecular weight excluding hydrogens is 438 g/mol. The van der Waals surface area contributed by atoms with Crippen molar-refractivity contribution < 1.29 is 15.0 Å². The number of hydrogen-bond acceptors (Lipinski definition) is 5. The molecule has 2 aromatic carbocycles. The maximum Gasteiger partial charge on any atom is 0.240 e. The number of piperazine rings is 1. The van der Waals surface area contributed by atoms with E-state index in [9.17, 15) is 15.0 Å². The van der Waals surface area contributed by atoms with Crippen LogP contribution in [0.5, 0.6) is 11.5 Å². The number of carbonyl (C=O) groups is 1. The van der Waals surface area contributed by atoms with Crippen molar-refractivity contribution in [3.63, 3.8) is 0 Å². The van der Waals surface area contributed by atoms with Crippen LogP contribution in [0.3, 0.4) is 0 Å². The normalized spacial score (nSPS) is 31.2. The number of fused-ring (bicyclic) bond motifs is 2. The second-order valence-corrected chi connectivity index (χ2v) is 11.6. The van der Waals surface area contributed by atoms with Gasteiger partial charge in [0.25, 0.3) is 0 Å². The fourth-order valence-corrected chi connectivity index (χ4v) is 6.59. The van der Waals surface area contributed by atoms with E-state index in [1.54, 1.807) is 18.2 Å². The lowest BCUT2D eigenvalue weighted by Crippen LogP contribution is -2.67. The Hall–Kier alpha value is -2.57. The molecule has 0 aliphatic carbocycles. The molecule has 6 nitrogen and oxygen atoms in total. The summed E-state index contributed by atoms with van der Waals surface area (Å²) >= 11 is 0. The molecular formula is C29H39N3O3. The highest BCUT2D eigenvalue weighted by molar-refractivity contribution is 5.83. The molecule has 3 unspecified atom stereocenters. The third-order valence-corrected chi connectivity index (χ3v) is 9.01. The molecule has 2 aromatic rings. The van der Waals surface area contributed by atoms with E-state index >= 15 is 0 Å². The molecule has 188 valence electrons. The zero-order valence-corrected chi connectivity index (χ0v) is 21.4. The summed E-state index contributed by atoms with van der Waals surface area (Å²) in [7, 11) is 0. The quantitative estimate of drug-likeness (QED) is 0.629. The van der Waals surface area contributed by atoms with E-state index in [0.29, 0.717) is 36.6 Å².